The minimum absolute atomic E-state index is 0.144. The summed E-state index contributed by atoms with van der Waals surface area (Å²) in [6.07, 6.45) is 1.06. The molecule has 3 aromatic carbocycles. The van der Waals surface area contributed by atoms with E-state index >= 15 is 0 Å². The number of carbonyl (C=O) groups excluding carboxylic acids is 1. The van der Waals surface area contributed by atoms with Crippen LogP contribution in [0.2, 0.25) is 0 Å². The lowest BCUT2D eigenvalue weighted by atomic mass is 10.1. The second kappa shape index (κ2) is 9.61. The zero-order valence-corrected chi connectivity index (χ0v) is 18.0. The normalized spacial score (nSPS) is 11.1. The van der Waals surface area contributed by atoms with Gasteiger partial charge >= 0.3 is 0 Å². The molecule has 0 aliphatic carbocycles. The van der Waals surface area contributed by atoms with Crippen LogP contribution in [0, 0.1) is 5.82 Å². The van der Waals surface area contributed by atoms with Crippen LogP contribution in [0.5, 0.6) is 5.75 Å². The van der Waals surface area contributed by atoms with Gasteiger partial charge in [0.1, 0.15) is 11.6 Å². The summed E-state index contributed by atoms with van der Waals surface area (Å²) in [7, 11) is -2.08. The number of ether oxygens (including phenoxy) is 1. The predicted molar refractivity (Wildman–Crippen MR) is 118 cm³/mol. The Kier molecular flexibility index (Phi) is 6.91. The lowest BCUT2D eigenvalue weighted by Crippen LogP contribution is -2.30. The summed E-state index contributed by atoms with van der Waals surface area (Å²) in [6, 6.07) is 19.5. The molecule has 0 aliphatic heterocycles. The molecule has 0 unspecified atom stereocenters. The molecule has 0 spiro atoms. The molecule has 3 rings (SSSR count). The fourth-order valence-corrected chi connectivity index (χ4v) is 3.87. The summed E-state index contributed by atoms with van der Waals surface area (Å²) in [6.45, 7) is 0.196. The highest BCUT2D eigenvalue weighted by molar-refractivity contribution is 7.92. The van der Waals surface area contributed by atoms with Crippen LogP contribution in [0.25, 0.3) is 0 Å². The molecule has 3 aromatic rings. The minimum Gasteiger partial charge on any atom is -0.497 e. The fraction of sp³-hybridized carbons (Fsp3) is 0.174. The van der Waals surface area contributed by atoms with Crippen molar-refractivity contribution < 1.29 is 22.3 Å². The molecule has 0 heterocycles. The number of hydrogen-bond donors (Lipinski definition) is 1. The first-order chi connectivity index (χ1) is 14.8. The second-order valence-electron chi connectivity index (χ2n) is 6.94. The zero-order chi connectivity index (χ0) is 22.4. The summed E-state index contributed by atoms with van der Waals surface area (Å²) < 4.78 is 44.8. The Bertz CT molecular complexity index is 1150. The first-order valence-corrected chi connectivity index (χ1v) is 11.3. The van der Waals surface area contributed by atoms with Crippen LogP contribution >= 0.6 is 0 Å². The van der Waals surface area contributed by atoms with Gasteiger partial charge in [0.05, 0.1) is 25.6 Å². The number of nitrogens with one attached hydrogen (secondary N) is 1. The largest absolute Gasteiger partial charge is 0.497 e. The summed E-state index contributed by atoms with van der Waals surface area (Å²) in [5.41, 5.74) is 1.90. The fourth-order valence-electron chi connectivity index (χ4n) is 2.99. The van der Waals surface area contributed by atoms with Crippen LogP contribution in [0.4, 0.5) is 10.1 Å². The molecular formula is C23H23FN2O4S. The standard InChI is InChI=1S/C23H23FN2O4S/c1-30-21-13-7-17(8-14-21)15-25-23(27)18-9-11-20(12-10-18)26(31(2,28)29)16-19-5-3-4-6-22(19)24/h3-14H,15-16H2,1-2H3,(H,25,27). The molecule has 0 bridgehead atoms. The molecule has 31 heavy (non-hydrogen) atoms. The van der Waals surface area contributed by atoms with Gasteiger partial charge in [0.15, 0.2) is 0 Å². The minimum atomic E-state index is -3.66. The highest BCUT2D eigenvalue weighted by Crippen LogP contribution is 2.22. The smallest absolute Gasteiger partial charge is 0.251 e. The SMILES string of the molecule is COc1ccc(CNC(=O)c2ccc(N(Cc3ccccc3F)S(C)(=O)=O)cc2)cc1. The van der Waals surface area contributed by atoms with Gasteiger partial charge in [-0.25, -0.2) is 12.8 Å². The van der Waals surface area contributed by atoms with E-state index in [4.69, 9.17) is 4.74 Å². The molecule has 0 fully saturated rings. The van der Waals surface area contributed by atoms with Gasteiger partial charge in [-0.1, -0.05) is 30.3 Å². The number of methoxy groups -OCH3 is 1. The van der Waals surface area contributed by atoms with Gasteiger partial charge in [0.2, 0.25) is 10.0 Å². The number of halogens is 1. The molecule has 1 amide bonds. The van der Waals surface area contributed by atoms with Crippen LogP contribution in [-0.2, 0) is 23.1 Å². The van der Waals surface area contributed by atoms with Crippen molar-refractivity contribution in [1.29, 1.82) is 0 Å². The van der Waals surface area contributed by atoms with E-state index in [1.807, 2.05) is 24.3 Å². The van der Waals surface area contributed by atoms with E-state index in [1.54, 1.807) is 19.2 Å². The van der Waals surface area contributed by atoms with Gasteiger partial charge in [-0.05, 0) is 48.0 Å². The van der Waals surface area contributed by atoms with Gasteiger partial charge < -0.3 is 10.1 Å². The first-order valence-electron chi connectivity index (χ1n) is 9.50. The van der Waals surface area contributed by atoms with Gasteiger partial charge in [-0.2, -0.15) is 0 Å². The summed E-state index contributed by atoms with van der Waals surface area (Å²) in [5, 5.41) is 2.82. The molecular weight excluding hydrogens is 419 g/mol. The van der Waals surface area contributed by atoms with Crippen LogP contribution < -0.4 is 14.4 Å². The zero-order valence-electron chi connectivity index (χ0n) is 17.2. The van der Waals surface area contributed by atoms with E-state index in [9.17, 15) is 17.6 Å². The summed E-state index contributed by atoms with van der Waals surface area (Å²) >= 11 is 0. The molecule has 0 saturated heterocycles. The number of amides is 1. The number of nitrogens with zero attached hydrogens (tertiary/aromatic N) is 1. The molecule has 0 saturated carbocycles. The number of sulfonamides is 1. The van der Waals surface area contributed by atoms with Gasteiger partial charge in [0, 0.05) is 17.7 Å². The molecule has 1 N–H and O–H groups in total. The van der Waals surface area contributed by atoms with Crippen molar-refractivity contribution in [2.75, 3.05) is 17.7 Å². The third-order valence-electron chi connectivity index (χ3n) is 4.70. The average molecular weight is 443 g/mol. The third-order valence-corrected chi connectivity index (χ3v) is 5.84. The topological polar surface area (TPSA) is 75.7 Å². The molecule has 8 heteroatoms. The maximum atomic E-state index is 14.0. The van der Waals surface area contributed by atoms with Crippen molar-refractivity contribution in [2.24, 2.45) is 0 Å². The number of anilines is 1. The van der Waals surface area contributed by atoms with Crippen LogP contribution in [0.3, 0.4) is 0 Å². The monoisotopic (exact) mass is 442 g/mol. The van der Waals surface area contributed by atoms with Crippen molar-refractivity contribution in [1.82, 2.24) is 5.32 Å². The maximum absolute atomic E-state index is 14.0. The van der Waals surface area contributed by atoms with E-state index in [2.05, 4.69) is 5.32 Å². The van der Waals surface area contributed by atoms with Crippen molar-refractivity contribution >= 4 is 21.6 Å². The Morgan fingerprint density at radius 3 is 2.23 bits per heavy atom. The van der Waals surface area contributed by atoms with Crippen molar-refractivity contribution in [2.45, 2.75) is 13.1 Å². The second-order valence-corrected chi connectivity index (χ2v) is 8.85. The van der Waals surface area contributed by atoms with Gasteiger partial charge in [0.25, 0.3) is 5.91 Å². The number of benzene rings is 3. The van der Waals surface area contributed by atoms with E-state index in [-0.39, 0.29) is 18.0 Å². The van der Waals surface area contributed by atoms with E-state index in [0.717, 1.165) is 21.9 Å². The number of hydrogen-bond acceptors (Lipinski definition) is 4. The summed E-state index contributed by atoms with van der Waals surface area (Å²) in [5.74, 6) is -0.0375. The first kappa shape index (κ1) is 22.3. The van der Waals surface area contributed by atoms with Crippen LogP contribution in [0.15, 0.2) is 72.8 Å². The Morgan fingerprint density at radius 1 is 1.00 bits per heavy atom. The Hall–Kier alpha value is -3.39. The van der Waals surface area contributed by atoms with Crippen molar-refractivity contribution in [3.8, 4) is 5.75 Å². The van der Waals surface area contributed by atoms with Crippen LogP contribution in [0.1, 0.15) is 21.5 Å². The number of rotatable bonds is 8. The molecule has 0 atom stereocenters. The van der Waals surface area contributed by atoms with E-state index < -0.39 is 15.8 Å². The molecule has 162 valence electrons. The molecule has 0 aliphatic rings. The summed E-state index contributed by atoms with van der Waals surface area (Å²) in [4.78, 5) is 12.4. The van der Waals surface area contributed by atoms with E-state index in [1.165, 1.54) is 36.4 Å². The Labute approximate surface area is 181 Å². The van der Waals surface area contributed by atoms with Crippen molar-refractivity contribution in [3.63, 3.8) is 0 Å². The predicted octanol–water partition coefficient (Wildman–Crippen LogP) is 3.73. The van der Waals surface area contributed by atoms with E-state index in [0.29, 0.717) is 17.8 Å². The third kappa shape index (κ3) is 5.82. The quantitative estimate of drug-likeness (QED) is 0.577. The Balaban J connectivity index is 1.71. The Morgan fingerprint density at radius 2 is 1.65 bits per heavy atom. The molecule has 0 aromatic heterocycles. The van der Waals surface area contributed by atoms with Gasteiger partial charge in [-0.3, -0.25) is 9.10 Å². The lowest BCUT2D eigenvalue weighted by molar-refractivity contribution is 0.0951. The van der Waals surface area contributed by atoms with Crippen molar-refractivity contribution in [3.05, 3.63) is 95.3 Å². The lowest BCUT2D eigenvalue weighted by Gasteiger charge is -2.23. The van der Waals surface area contributed by atoms with Gasteiger partial charge in [-0.15, -0.1) is 0 Å². The highest BCUT2D eigenvalue weighted by atomic mass is 32.2. The molecule has 0 radical (unpaired) electrons. The van der Waals surface area contributed by atoms with Crippen LogP contribution in [-0.4, -0.2) is 27.7 Å². The average Bonchev–Trinajstić information content (AvgIpc) is 2.76. The highest BCUT2D eigenvalue weighted by Gasteiger charge is 2.20. The number of carbonyl (C=O) groups is 1. The maximum Gasteiger partial charge on any atom is 0.251 e. The molecule has 6 nitrogen and oxygen atoms in total.